The van der Waals surface area contributed by atoms with E-state index in [-0.39, 0.29) is 12.3 Å². The zero-order valence-corrected chi connectivity index (χ0v) is 15.1. The van der Waals surface area contributed by atoms with Crippen LogP contribution in [0.4, 0.5) is 0 Å². The number of hydrogen-bond donors (Lipinski definition) is 2. The van der Waals surface area contributed by atoms with Crippen LogP contribution in [0.3, 0.4) is 0 Å². The highest BCUT2D eigenvalue weighted by Gasteiger charge is 2.23. The van der Waals surface area contributed by atoms with E-state index in [2.05, 4.69) is 5.32 Å². The third kappa shape index (κ3) is 3.45. The molecule has 4 rings (SSSR count). The van der Waals surface area contributed by atoms with Crippen LogP contribution in [0.1, 0.15) is 15.9 Å². The average molecular weight is 369 g/mol. The first kappa shape index (κ1) is 17.7. The van der Waals surface area contributed by atoms with Crippen LogP contribution < -0.4 is 5.32 Å². The van der Waals surface area contributed by atoms with Crippen molar-refractivity contribution in [1.82, 2.24) is 5.32 Å². The van der Waals surface area contributed by atoms with Crippen LogP contribution >= 0.6 is 0 Å². The van der Waals surface area contributed by atoms with Gasteiger partial charge in [-0.2, -0.15) is 0 Å². The Balaban J connectivity index is 1.75. The fourth-order valence-electron chi connectivity index (χ4n) is 3.54. The quantitative estimate of drug-likeness (QED) is 0.512. The summed E-state index contributed by atoms with van der Waals surface area (Å²) in [6.07, 6.45) is 0.227. The lowest BCUT2D eigenvalue weighted by atomic mass is 9.96. The predicted octanol–water partition coefficient (Wildman–Crippen LogP) is 4.42. The Labute approximate surface area is 162 Å². The Morgan fingerprint density at radius 3 is 1.89 bits per heavy atom. The average Bonchev–Trinajstić information content (AvgIpc) is 2.72. The number of benzene rings is 4. The van der Waals surface area contributed by atoms with Crippen LogP contribution in [0, 0.1) is 0 Å². The number of nitrogens with one attached hydrogen (secondary N) is 1. The summed E-state index contributed by atoms with van der Waals surface area (Å²) in [4.78, 5) is 25.0. The van der Waals surface area contributed by atoms with Crippen molar-refractivity contribution in [2.45, 2.75) is 12.5 Å². The summed E-state index contributed by atoms with van der Waals surface area (Å²) in [6, 6.07) is 25.6. The molecule has 1 atom stereocenters. The molecule has 0 fully saturated rings. The Bertz CT molecular complexity index is 1110. The molecule has 28 heavy (non-hydrogen) atoms. The van der Waals surface area contributed by atoms with Gasteiger partial charge in [0.1, 0.15) is 6.04 Å². The number of carbonyl (C=O) groups excluding carboxylic acids is 1. The van der Waals surface area contributed by atoms with Gasteiger partial charge in [-0.25, -0.2) is 4.79 Å². The molecule has 4 heteroatoms. The third-order valence-corrected chi connectivity index (χ3v) is 4.88. The molecule has 0 saturated carbocycles. The van der Waals surface area contributed by atoms with Gasteiger partial charge in [-0.15, -0.1) is 0 Å². The summed E-state index contributed by atoms with van der Waals surface area (Å²) >= 11 is 0. The van der Waals surface area contributed by atoms with Crippen molar-refractivity contribution in [3.8, 4) is 0 Å². The summed E-state index contributed by atoms with van der Waals surface area (Å²) in [7, 11) is 0. The smallest absolute Gasteiger partial charge is 0.326 e. The monoisotopic (exact) mass is 369 g/mol. The van der Waals surface area contributed by atoms with Gasteiger partial charge in [0, 0.05) is 6.42 Å². The van der Waals surface area contributed by atoms with Crippen molar-refractivity contribution in [1.29, 1.82) is 0 Å². The molecule has 0 bridgehead atoms. The van der Waals surface area contributed by atoms with Gasteiger partial charge in [-0.05, 0) is 33.2 Å². The molecule has 0 unspecified atom stereocenters. The van der Waals surface area contributed by atoms with E-state index in [1.54, 1.807) is 0 Å². The van der Waals surface area contributed by atoms with Gasteiger partial charge < -0.3 is 10.4 Å². The fourth-order valence-corrected chi connectivity index (χ4v) is 3.54. The van der Waals surface area contributed by atoms with Crippen molar-refractivity contribution in [3.05, 3.63) is 96.1 Å². The van der Waals surface area contributed by atoms with E-state index in [0.717, 1.165) is 27.1 Å². The van der Waals surface area contributed by atoms with Gasteiger partial charge in [0.05, 0.1) is 5.56 Å². The van der Waals surface area contributed by atoms with Crippen molar-refractivity contribution in [2.75, 3.05) is 0 Å². The molecule has 0 aliphatic heterocycles. The number of aliphatic carboxylic acids is 1. The maximum atomic E-state index is 13.2. The number of fused-ring (bicyclic) bond motifs is 2. The molecule has 0 aliphatic rings. The molecule has 4 nitrogen and oxygen atoms in total. The largest absolute Gasteiger partial charge is 0.480 e. The molecule has 138 valence electrons. The van der Waals surface area contributed by atoms with Crippen LogP contribution in [0.5, 0.6) is 0 Å². The second-order valence-electron chi connectivity index (χ2n) is 6.75. The molecule has 1 amide bonds. The Morgan fingerprint density at radius 1 is 0.786 bits per heavy atom. The predicted molar refractivity (Wildman–Crippen MR) is 110 cm³/mol. The molecule has 0 heterocycles. The van der Waals surface area contributed by atoms with E-state index in [1.807, 2.05) is 84.9 Å². The van der Waals surface area contributed by atoms with E-state index in [0.29, 0.717) is 5.56 Å². The Kier molecular flexibility index (Phi) is 4.77. The van der Waals surface area contributed by atoms with Crippen LogP contribution in [0.25, 0.3) is 21.5 Å². The maximum Gasteiger partial charge on any atom is 0.326 e. The third-order valence-electron chi connectivity index (χ3n) is 4.88. The molecule has 0 spiro atoms. The molecule has 4 aromatic carbocycles. The fraction of sp³-hybridized carbons (Fsp3) is 0.0833. The lowest BCUT2D eigenvalue weighted by molar-refractivity contribution is -0.139. The van der Waals surface area contributed by atoms with Crippen molar-refractivity contribution < 1.29 is 14.7 Å². The van der Waals surface area contributed by atoms with Crippen molar-refractivity contribution in [3.63, 3.8) is 0 Å². The van der Waals surface area contributed by atoms with Crippen LogP contribution in [0.15, 0.2) is 84.9 Å². The summed E-state index contributed by atoms with van der Waals surface area (Å²) in [5.74, 6) is -1.43. The van der Waals surface area contributed by atoms with Crippen molar-refractivity contribution >= 4 is 33.4 Å². The molecular formula is C24H19NO3. The molecule has 0 saturated heterocycles. The van der Waals surface area contributed by atoms with E-state index in [4.69, 9.17) is 0 Å². The topological polar surface area (TPSA) is 66.4 Å². The lowest BCUT2D eigenvalue weighted by Crippen LogP contribution is -2.42. The zero-order chi connectivity index (χ0) is 19.5. The van der Waals surface area contributed by atoms with Crippen LogP contribution in [-0.2, 0) is 11.2 Å². The highest BCUT2D eigenvalue weighted by Crippen LogP contribution is 2.28. The summed E-state index contributed by atoms with van der Waals surface area (Å²) in [5, 5.41) is 15.9. The summed E-state index contributed by atoms with van der Waals surface area (Å²) in [5.41, 5.74) is 1.37. The molecule has 4 aromatic rings. The van der Waals surface area contributed by atoms with E-state index in [1.165, 1.54) is 0 Å². The highest BCUT2D eigenvalue weighted by atomic mass is 16.4. The van der Waals surface area contributed by atoms with Gasteiger partial charge in [-0.3, -0.25) is 4.79 Å². The zero-order valence-electron chi connectivity index (χ0n) is 15.1. The number of carbonyl (C=O) groups is 2. The van der Waals surface area contributed by atoms with Gasteiger partial charge in [0.2, 0.25) is 0 Å². The molecule has 2 N–H and O–H groups in total. The second kappa shape index (κ2) is 7.53. The molecule has 0 aromatic heterocycles. The summed E-state index contributed by atoms with van der Waals surface area (Å²) in [6.45, 7) is 0. The maximum absolute atomic E-state index is 13.2. The SMILES string of the molecule is O=C(N[C@@H](Cc1ccccc1)C(=O)O)c1c2ccccc2cc2ccccc12. The number of hydrogen-bond acceptors (Lipinski definition) is 2. The second-order valence-corrected chi connectivity index (χ2v) is 6.75. The normalized spacial score (nSPS) is 12.0. The van der Waals surface area contributed by atoms with E-state index >= 15 is 0 Å². The molecule has 0 radical (unpaired) electrons. The van der Waals surface area contributed by atoms with Crippen LogP contribution in [-0.4, -0.2) is 23.0 Å². The standard InChI is InChI=1S/C24H19NO3/c26-23(25-21(24(27)28)14-16-8-2-1-3-9-16)22-19-12-6-4-10-17(19)15-18-11-5-7-13-20(18)22/h1-13,15,21H,14H2,(H,25,26)(H,27,28)/t21-/m0/s1. The number of amides is 1. The van der Waals surface area contributed by atoms with Gasteiger partial charge in [0.25, 0.3) is 5.91 Å². The van der Waals surface area contributed by atoms with Crippen molar-refractivity contribution in [2.24, 2.45) is 0 Å². The lowest BCUT2D eigenvalue weighted by Gasteiger charge is -2.17. The van der Waals surface area contributed by atoms with E-state index < -0.39 is 12.0 Å². The molecular weight excluding hydrogens is 350 g/mol. The Hall–Kier alpha value is -3.66. The number of carboxylic acid groups (broad SMARTS) is 1. The Morgan fingerprint density at radius 2 is 1.32 bits per heavy atom. The van der Waals surface area contributed by atoms with Gasteiger partial charge in [0.15, 0.2) is 0 Å². The van der Waals surface area contributed by atoms with Gasteiger partial charge in [-0.1, -0.05) is 78.9 Å². The first-order chi connectivity index (χ1) is 13.6. The minimum absolute atomic E-state index is 0.227. The highest BCUT2D eigenvalue weighted by molar-refractivity contribution is 6.18. The minimum Gasteiger partial charge on any atom is -0.480 e. The summed E-state index contributed by atoms with van der Waals surface area (Å²) < 4.78 is 0. The molecule has 0 aliphatic carbocycles. The van der Waals surface area contributed by atoms with E-state index in [9.17, 15) is 14.7 Å². The first-order valence-corrected chi connectivity index (χ1v) is 9.11. The van der Waals surface area contributed by atoms with Gasteiger partial charge >= 0.3 is 5.97 Å². The minimum atomic E-state index is -1.05. The number of rotatable bonds is 5. The van der Waals surface area contributed by atoms with Crippen LogP contribution in [0.2, 0.25) is 0 Å². The first-order valence-electron chi connectivity index (χ1n) is 9.11. The number of carboxylic acids is 1.